The molecule has 1 saturated heterocycles. The maximum Gasteiger partial charge on any atom is 0.275 e. The van der Waals surface area contributed by atoms with Crippen molar-refractivity contribution in [3.63, 3.8) is 0 Å². The van der Waals surface area contributed by atoms with Crippen molar-refractivity contribution >= 4 is 52.3 Å². The number of nitrogens with zero attached hydrogens (tertiary/aromatic N) is 2. The van der Waals surface area contributed by atoms with Crippen LogP contribution in [0.25, 0.3) is 0 Å². The van der Waals surface area contributed by atoms with E-state index in [1.165, 1.54) is 30.3 Å². The lowest BCUT2D eigenvalue weighted by Gasteiger charge is -2.13. The van der Waals surface area contributed by atoms with Crippen LogP contribution in [0.5, 0.6) is 11.5 Å². The largest absolute Gasteiger partial charge is 0.507 e. The molecular weight excluding hydrogens is 509 g/mol. The van der Waals surface area contributed by atoms with Crippen molar-refractivity contribution in [3.8, 4) is 11.5 Å². The van der Waals surface area contributed by atoms with E-state index in [4.69, 9.17) is 33.3 Å². The molecule has 1 aliphatic heterocycles. The third kappa shape index (κ3) is 5.14. The van der Waals surface area contributed by atoms with Crippen LogP contribution in [0, 0.1) is 5.41 Å². The third-order valence-corrected chi connectivity index (χ3v) is 5.59. The first-order chi connectivity index (χ1) is 17.3. The van der Waals surface area contributed by atoms with Crippen LogP contribution in [-0.2, 0) is 4.74 Å². The number of carbonyl (C=O) groups excluding carboxylic acids is 2. The van der Waals surface area contributed by atoms with Crippen LogP contribution in [0.1, 0.15) is 32.4 Å². The molecule has 0 aliphatic carbocycles. The molecule has 2 amide bonds. The van der Waals surface area contributed by atoms with Gasteiger partial charge >= 0.3 is 0 Å². The van der Waals surface area contributed by atoms with Crippen molar-refractivity contribution in [1.29, 1.82) is 5.41 Å². The second kappa shape index (κ2) is 10.5. The zero-order valence-electron chi connectivity index (χ0n) is 18.2. The number of rotatable bonds is 5. The fraction of sp³-hybridized carbons (Fsp3) is 0.0417. The first kappa shape index (κ1) is 24.7. The van der Waals surface area contributed by atoms with Gasteiger partial charge < -0.3 is 14.9 Å². The van der Waals surface area contributed by atoms with Gasteiger partial charge in [0.1, 0.15) is 17.2 Å². The van der Waals surface area contributed by atoms with E-state index >= 15 is 0 Å². The van der Waals surface area contributed by atoms with Gasteiger partial charge in [-0.15, -0.1) is 0 Å². The summed E-state index contributed by atoms with van der Waals surface area (Å²) >= 11 is 12.3. The molecule has 3 aromatic rings. The highest BCUT2D eigenvalue weighted by Gasteiger charge is 2.39. The summed E-state index contributed by atoms with van der Waals surface area (Å²) in [6, 6.07) is 16.3. The summed E-state index contributed by atoms with van der Waals surface area (Å²) in [6.45, 7) is 0. The van der Waals surface area contributed by atoms with Crippen molar-refractivity contribution in [1.82, 2.24) is 10.9 Å². The van der Waals surface area contributed by atoms with Gasteiger partial charge in [0.05, 0.1) is 11.1 Å². The Morgan fingerprint density at radius 1 is 0.861 bits per heavy atom. The molecule has 36 heavy (non-hydrogen) atoms. The van der Waals surface area contributed by atoms with E-state index in [2.05, 4.69) is 21.1 Å². The number of ether oxygens (including phenoxy) is 1. The van der Waals surface area contributed by atoms with Gasteiger partial charge in [0.15, 0.2) is 11.8 Å². The molecule has 1 heterocycles. The number of phenols is 2. The quantitative estimate of drug-likeness (QED) is 0.318. The van der Waals surface area contributed by atoms with Gasteiger partial charge in [-0.2, -0.15) is 10.2 Å². The molecule has 182 valence electrons. The summed E-state index contributed by atoms with van der Waals surface area (Å²) in [5.74, 6) is -2.47. The van der Waals surface area contributed by atoms with Crippen LogP contribution in [0.2, 0.25) is 10.0 Å². The molecule has 1 unspecified atom stereocenters. The average molecular weight is 526 g/mol. The summed E-state index contributed by atoms with van der Waals surface area (Å²) < 4.78 is 5.61. The van der Waals surface area contributed by atoms with Crippen molar-refractivity contribution in [3.05, 3.63) is 93.5 Å². The molecule has 0 saturated carbocycles. The topological polar surface area (TPSA) is 156 Å². The minimum atomic E-state index is -1.08. The highest BCUT2D eigenvalue weighted by atomic mass is 35.5. The number of carbonyl (C=O) groups is 2. The fourth-order valence-corrected chi connectivity index (χ4v) is 3.79. The van der Waals surface area contributed by atoms with Gasteiger partial charge in [-0.25, -0.2) is 10.9 Å². The molecule has 12 heteroatoms. The Morgan fingerprint density at radius 3 is 1.97 bits per heavy atom. The molecule has 4 rings (SSSR count). The van der Waals surface area contributed by atoms with E-state index in [0.29, 0.717) is 10.6 Å². The molecule has 10 nitrogen and oxygen atoms in total. The van der Waals surface area contributed by atoms with Crippen LogP contribution in [0.4, 0.5) is 0 Å². The van der Waals surface area contributed by atoms with Crippen LogP contribution in [0.3, 0.4) is 0 Å². The molecule has 5 N–H and O–H groups in total. The van der Waals surface area contributed by atoms with Crippen LogP contribution in [0.15, 0.2) is 76.9 Å². The normalized spacial score (nSPS) is 17.2. The molecule has 0 spiro atoms. The number of nitrogens with one attached hydrogen (secondary N) is 3. The molecule has 1 atom stereocenters. The van der Waals surface area contributed by atoms with E-state index in [0.717, 1.165) is 0 Å². The van der Waals surface area contributed by atoms with Crippen molar-refractivity contribution in [2.24, 2.45) is 10.2 Å². The van der Waals surface area contributed by atoms with Crippen molar-refractivity contribution in [2.75, 3.05) is 0 Å². The standard InChI is InChI=1S/C24H17Cl2N5O5/c25-12-9-10-13(16(26)11-12)21-19(28-30-23(34)14-5-1-3-7-17(14)32)20(22(27)36-21)29-31-24(35)15-6-2-4-8-18(15)33/h1-11,21,27,32-33H,(H,30,34)(H,31,35)/b27-22?,28-19-,29-20-. The van der Waals surface area contributed by atoms with Gasteiger partial charge in [0.2, 0.25) is 5.90 Å². The zero-order valence-corrected chi connectivity index (χ0v) is 19.7. The predicted molar refractivity (Wildman–Crippen MR) is 134 cm³/mol. The third-order valence-electron chi connectivity index (χ3n) is 5.03. The molecule has 3 aromatic carbocycles. The number of hydrogen-bond donors (Lipinski definition) is 5. The summed E-state index contributed by atoms with van der Waals surface area (Å²) in [6.07, 6.45) is -1.08. The number of phenolic OH excluding ortho intramolecular Hbond substituents is 2. The second-order valence-corrected chi connectivity index (χ2v) is 8.21. The summed E-state index contributed by atoms with van der Waals surface area (Å²) in [7, 11) is 0. The molecule has 0 radical (unpaired) electrons. The van der Waals surface area contributed by atoms with E-state index in [1.807, 2.05) is 0 Å². The maximum atomic E-state index is 12.6. The van der Waals surface area contributed by atoms with Gasteiger partial charge in [-0.1, -0.05) is 53.5 Å². The number of benzene rings is 3. The Labute approximate surface area is 214 Å². The van der Waals surface area contributed by atoms with E-state index in [9.17, 15) is 19.8 Å². The molecule has 1 aliphatic rings. The number of para-hydroxylation sites is 2. The Kier molecular flexibility index (Phi) is 7.18. The molecule has 0 bridgehead atoms. The molecular formula is C24H17Cl2N5O5. The summed E-state index contributed by atoms with van der Waals surface area (Å²) in [4.78, 5) is 25.1. The molecule has 0 aromatic heterocycles. The Balaban J connectivity index is 1.70. The van der Waals surface area contributed by atoms with E-state index < -0.39 is 23.8 Å². The van der Waals surface area contributed by atoms with Crippen molar-refractivity contribution in [2.45, 2.75) is 6.10 Å². The minimum absolute atomic E-state index is 0.0386. The minimum Gasteiger partial charge on any atom is -0.507 e. The fourth-order valence-electron chi connectivity index (χ4n) is 3.28. The average Bonchev–Trinajstić information content (AvgIpc) is 3.16. The second-order valence-electron chi connectivity index (χ2n) is 7.37. The van der Waals surface area contributed by atoms with Crippen LogP contribution in [-0.4, -0.2) is 39.3 Å². The van der Waals surface area contributed by atoms with Gasteiger partial charge in [0, 0.05) is 15.6 Å². The van der Waals surface area contributed by atoms with E-state index in [1.54, 1.807) is 36.4 Å². The SMILES string of the molecule is N=C1OC(c2ccc(Cl)cc2Cl)C(=N\NC(=O)c2ccccc2O)/C1=N/NC(=O)c1ccccc1O. The Bertz CT molecular complexity index is 1440. The highest BCUT2D eigenvalue weighted by molar-refractivity contribution is 6.69. The first-order valence-electron chi connectivity index (χ1n) is 10.3. The smallest absolute Gasteiger partial charge is 0.275 e. The number of hydrogen-bond acceptors (Lipinski definition) is 8. The Hall–Kier alpha value is -4.41. The van der Waals surface area contributed by atoms with Gasteiger partial charge in [0.25, 0.3) is 11.8 Å². The number of halogens is 2. The number of aromatic hydroxyl groups is 2. The monoisotopic (exact) mass is 525 g/mol. The number of amides is 2. The van der Waals surface area contributed by atoms with E-state index in [-0.39, 0.29) is 39.1 Å². The maximum absolute atomic E-state index is 12.6. The van der Waals surface area contributed by atoms with Gasteiger partial charge in [-0.05, 0) is 36.4 Å². The van der Waals surface area contributed by atoms with Crippen LogP contribution >= 0.6 is 23.2 Å². The lowest BCUT2D eigenvalue weighted by atomic mass is 10.0. The van der Waals surface area contributed by atoms with Gasteiger partial charge in [-0.3, -0.25) is 15.0 Å². The molecule has 1 fully saturated rings. The van der Waals surface area contributed by atoms with Crippen molar-refractivity contribution < 1.29 is 24.5 Å². The first-order valence-corrected chi connectivity index (χ1v) is 11.0. The zero-order chi connectivity index (χ0) is 25.8. The Morgan fingerprint density at radius 2 is 1.42 bits per heavy atom. The summed E-state index contributed by atoms with van der Waals surface area (Å²) in [5.41, 5.74) is 4.59. The number of hydrazone groups is 2. The predicted octanol–water partition coefficient (Wildman–Crippen LogP) is 4.03. The van der Waals surface area contributed by atoms with Crippen LogP contribution < -0.4 is 10.9 Å². The summed E-state index contributed by atoms with van der Waals surface area (Å²) in [5, 5.41) is 36.7. The lowest BCUT2D eigenvalue weighted by Crippen LogP contribution is -2.28. The lowest BCUT2D eigenvalue weighted by molar-refractivity contribution is 0.0943. The highest BCUT2D eigenvalue weighted by Crippen LogP contribution is 2.33.